The molecule has 0 saturated carbocycles. The largest absolute Gasteiger partial charge is 0.471 e. The Balaban J connectivity index is 1.63. The van der Waals surface area contributed by atoms with E-state index in [0.717, 1.165) is 5.69 Å². The van der Waals surface area contributed by atoms with Gasteiger partial charge in [0.15, 0.2) is 0 Å². The van der Waals surface area contributed by atoms with E-state index >= 15 is 0 Å². The van der Waals surface area contributed by atoms with Crippen molar-refractivity contribution >= 4 is 5.91 Å². The zero-order valence-corrected chi connectivity index (χ0v) is 12.2. The van der Waals surface area contributed by atoms with E-state index in [1.165, 1.54) is 12.1 Å². The van der Waals surface area contributed by atoms with Gasteiger partial charge in [0.05, 0.1) is 17.8 Å². The number of amides is 1. The predicted octanol–water partition coefficient (Wildman–Crippen LogP) is 2.22. The number of halogens is 1. The quantitative estimate of drug-likeness (QED) is 0.872. The second-order valence-corrected chi connectivity index (χ2v) is 5.27. The molecule has 1 aromatic heterocycles. The average molecular weight is 301 g/mol. The van der Waals surface area contributed by atoms with Gasteiger partial charge in [-0.25, -0.2) is 4.39 Å². The van der Waals surface area contributed by atoms with Gasteiger partial charge in [-0.1, -0.05) is 12.1 Å². The van der Waals surface area contributed by atoms with Crippen molar-refractivity contribution < 1.29 is 13.9 Å². The molecule has 1 amide bonds. The summed E-state index contributed by atoms with van der Waals surface area (Å²) in [5.74, 6) is -0.365. The van der Waals surface area contributed by atoms with Gasteiger partial charge in [-0.2, -0.15) is 5.10 Å². The van der Waals surface area contributed by atoms with E-state index in [1.807, 2.05) is 13.0 Å². The third-order valence-corrected chi connectivity index (χ3v) is 3.60. The molecule has 22 heavy (non-hydrogen) atoms. The van der Waals surface area contributed by atoms with E-state index < -0.39 is 5.82 Å². The van der Waals surface area contributed by atoms with Crippen LogP contribution in [0.5, 0.6) is 5.88 Å². The van der Waals surface area contributed by atoms with Crippen LogP contribution in [0.2, 0.25) is 0 Å². The fraction of sp³-hybridized carbons (Fsp3) is 0.312. The summed E-state index contributed by atoms with van der Waals surface area (Å²) in [6.07, 6.45) is 0.545. The van der Waals surface area contributed by atoms with Gasteiger partial charge in [-0.15, -0.1) is 5.10 Å². The van der Waals surface area contributed by atoms with E-state index in [9.17, 15) is 9.18 Å². The monoisotopic (exact) mass is 301 g/mol. The summed E-state index contributed by atoms with van der Waals surface area (Å²) >= 11 is 0. The van der Waals surface area contributed by atoms with Gasteiger partial charge < -0.3 is 9.64 Å². The van der Waals surface area contributed by atoms with Crippen molar-refractivity contribution in [1.29, 1.82) is 0 Å². The zero-order chi connectivity index (χ0) is 15.5. The lowest BCUT2D eigenvalue weighted by Gasteiger charge is -2.17. The molecule has 0 spiro atoms. The Morgan fingerprint density at radius 3 is 2.82 bits per heavy atom. The fourth-order valence-electron chi connectivity index (χ4n) is 2.43. The highest BCUT2D eigenvalue weighted by molar-refractivity contribution is 5.94. The molecule has 0 N–H and O–H groups in total. The summed E-state index contributed by atoms with van der Waals surface area (Å²) in [6, 6.07) is 9.58. The molecule has 2 aromatic rings. The molecule has 0 radical (unpaired) electrons. The maximum atomic E-state index is 13.7. The van der Waals surface area contributed by atoms with Gasteiger partial charge in [0.1, 0.15) is 11.9 Å². The molecule has 5 nitrogen and oxygen atoms in total. The Morgan fingerprint density at radius 1 is 1.27 bits per heavy atom. The number of aryl methyl sites for hydroxylation is 1. The van der Waals surface area contributed by atoms with Gasteiger partial charge >= 0.3 is 0 Å². The Labute approximate surface area is 127 Å². The second-order valence-electron chi connectivity index (χ2n) is 5.27. The first-order valence-electron chi connectivity index (χ1n) is 7.14. The van der Waals surface area contributed by atoms with Crippen LogP contribution in [0.4, 0.5) is 4.39 Å². The Bertz CT molecular complexity index is 675. The van der Waals surface area contributed by atoms with Crippen LogP contribution >= 0.6 is 0 Å². The highest BCUT2D eigenvalue weighted by atomic mass is 19.1. The molecule has 0 aliphatic carbocycles. The summed E-state index contributed by atoms with van der Waals surface area (Å²) in [6.45, 7) is 2.81. The first-order valence-corrected chi connectivity index (χ1v) is 7.14. The number of carbonyl (C=O) groups excluding carboxylic acids is 1. The van der Waals surface area contributed by atoms with E-state index in [0.29, 0.717) is 25.4 Å². The summed E-state index contributed by atoms with van der Waals surface area (Å²) in [7, 11) is 0. The fourth-order valence-corrected chi connectivity index (χ4v) is 2.43. The predicted molar refractivity (Wildman–Crippen MR) is 78.1 cm³/mol. The van der Waals surface area contributed by atoms with Crippen LogP contribution in [-0.2, 0) is 0 Å². The van der Waals surface area contributed by atoms with Gasteiger partial charge in [0.2, 0.25) is 5.88 Å². The maximum Gasteiger partial charge on any atom is 0.256 e. The lowest BCUT2D eigenvalue weighted by Crippen LogP contribution is -2.31. The molecule has 1 aromatic carbocycles. The Morgan fingerprint density at radius 2 is 2.09 bits per heavy atom. The molecule has 6 heteroatoms. The van der Waals surface area contributed by atoms with Crippen LogP contribution in [0.15, 0.2) is 36.4 Å². The van der Waals surface area contributed by atoms with Crippen LogP contribution in [-0.4, -0.2) is 40.2 Å². The van der Waals surface area contributed by atoms with Crippen molar-refractivity contribution in [3.63, 3.8) is 0 Å². The zero-order valence-electron chi connectivity index (χ0n) is 12.2. The highest BCUT2D eigenvalue weighted by Gasteiger charge is 2.29. The number of hydrogen-bond acceptors (Lipinski definition) is 4. The molecule has 1 unspecified atom stereocenters. The number of ether oxygens (including phenoxy) is 1. The molecule has 3 rings (SSSR count). The summed E-state index contributed by atoms with van der Waals surface area (Å²) in [4.78, 5) is 13.9. The number of benzene rings is 1. The summed E-state index contributed by atoms with van der Waals surface area (Å²) in [5.41, 5.74) is 0.911. The molecule has 0 bridgehead atoms. The summed E-state index contributed by atoms with van der Waals surface area (Å²) < 4.78 is 19.4. The van der Waals surface area contributed by atoms with Gasteiger partial charge in [-0.3, -0.25) is 4.79 Å². The van der Waals surface area contributed by atoms with Crippen molar-refractivity contribution in [3.05, 3.63) is 53.5 Å². The molecule has 1 saturated heterocycles. The third kappa shape index (κ3) is 3.05. The minimum atomic E-state index is -0.499. The molecule has 1 fully saturated rings. The number of aromatic nitrogens is 2. The first kappa shape index (κ1) is 14.4. The van der Waals surface area contributed by atoms with Crippen LogP contribution in [0.3, 0.4) is 0 Å². The van der Waals surface area contributed by atoms with Crippen LogP contribution < -0.4 is 4.74 Å². The minimum absolute atomic E-state index is 0.0956. The standard InChI is InChI=1S/C16H16FN3O2/c1-11-6-7-15(19-18-11)22-12-8-9-20(10-12)16(21)13-4-2-3-5-14(13)17/h2-7,12H,8-10H2,1H3. The van der Waals surface area contributed by atoms with Crippen molar-refractivity contribution in [2.75, 3.05) is 13.1 Å². The normalized spacial score (nSPS) is 17.5. The van der Waals surface area contributed by atoms with Crippen molar-refractivity contribution in [3.8, 4) is 5.88 Å². The van der Waals surface area contributed by atoms with Crippen molar-refractivity contribution in [2.45, 2.75) is 19.4 Å². The average Bonchev–Trinajstić information content (AvgIpc) is 2.98. The van der Waals surface area contributed by atoms with E-state index in [-0.39, 0.29) is 17.6 Å². The Kier molecular flexibility index (Phi) is 4.00. The Hall–Kier alpha value is -2.50. The number of nitrogens with zero attached hydrogens (tertiary/aromatic N) is 3. The number of carbonyl (C=O) groups is 1. The lowest BCUT2D eigenvalue weighted by atomic mass is 10.2. The number of rotatable bonds is 3. The molecule has 1 atom stereocenters. The number of hydrogen-bond donors (Lipinski definition) is 0. The van der Waals surface area contributed by atoms with Crippen LogP contribution in [0, 0.1) is 12.7 Å². The second kappa shape index (κ2) is 6.09. The van der Waals surface area contributed by atoms with E-state index in [1.54, 1.807) is 23.1 Å². The molecule has 2 heterocycles. The topological polar surface area (TPSA) is 55.3 Å². The minimum Gasteiger partial charge on any atom is -0.471 e. The maximum absolute atomic E-state index is 13.7. The van der Waals surface area contributed by atoms with Crippen molar-refractivity contribution in [2.24, 2.45) is 0 Å². The highest BCUT2D eigenvalue weighted by Crippen LogP contribution is 2.19. The molecular weight excluding hydrogens is 285 g/mol. The third-order valence-electron chi connectivity index (χ3n) is 3.60. The van der Waals surface area contributed by atoms with Crippen LogP contribution in [0.25, 0.3) is 0 Å². The van der Waals surface area contributed by atoms with Crippen molar-refractivity contribution in [1.82, 2.24) is 15.1 Å². The van der Waals surface area contributed by atoms with E-state index in [4.69, 9.17) is 4.74 Å². The van der Waals surface area contributed by atoms with Gasteiger partial charge in [-0.05, 0) is 25.1 Å². The molecule has 1 aliphatic heterocycles. The van der Waals surface area contributed by atoms with E-state index in [2.05, 4.69) is 10.2 Å². The smallest absolute Gasteiger partial charge is 0.256 e. The SMILES string of the molecule is Cc1ccc(OC2CCN(C(=O)c3ccccc3F)C2)nn1. The van der Waals surface area contributed by atoms with Gasteiger partial charge in [0, 0.05) is 19.0 Å². The molecule has 1 aliphatic rings. The van der Waals surface area contributed by atoms with Crippen LogP contribution in [0.1, 0.15) is 22.5 Å². The lowest BCUT2D eigenvalue weighted by molar-refractivity contribution is 0.0766. The first-order chi connectivity index (χ1) is 10.6. The summed E-state index contributed by atoms with van der Waals surface area (Å²) in [5, 5.41) is 7.88. The molecule has 114 valence electrons. The number of likely N-dealkylation sites (tertiary alicyclic amines) is 1. The molecular formula is C16H16FN3O2. The van der Waals surface area contributed by atoms with Gasteiger partial charge in [0.25, 0.3) is 5.91 Å².